The summed E-state index contributed by atoms with van der Waals surface area (Å²) in [6.07, 6.45) is 2.86. The van der Waals surface area contributed by atoms with Gasteiger partial charge in [0.25, 0.3) is 0 Å². The molecule has 3 nitrogen and oxygen atoms in total. The number of hydrogen-bond acceptors (Lipinski definition) is 3. The van der Waals surface area contributed by atoms with Crippen molar-refractivity contribution in [1.29, 1.82) is 0 Å². The molecular formula is C24H23FN2O. The lowest BCUT2D eigenvalue weighted by molar-refractivity contribution is 0.419. The molecule has 0 amide bonds. The molecule has 0 spiro atoms. The summed E-state index contributed by atoms with van der Waals surface area (Å²) in [6, 6.07) is 22.1. The van der Waals surface area contributed by atoms with Gasteiger partial charge < -0.3 is 10.4 Å². The highest BCUT2D eigenvalue weighted by atomic mass is 19.1. The molecule has 0 saturated heterocycles. The van der Waals surface area contributed by atoms with Gasteiger partial charge in [0.05, 0.1) is 6.04 Å². The van der Waals surface area contributed by atoms with Gasteiger partial charge in [0.15, 0.2) is 0 Å². The van der Waals surface area contributed by atoms with E-state index in [0.717, 1.165) is 28.8 Å². The van der Waals surface area contributed by atoms with E-state index in [1.54, 1.807) is 18.2 Å². The number of hydrogen-bond donors (Lipinski definition) is 3. The standard InChI is InChI=1S/C24H23FN2O/c1-2-16-7-9-17(10-8-16)21-15-22(20-5-3-4-6-23(20)28)27-24(26-21)18-11-13-19(25)14-12-18/h3-15,22,24,26-28H,2H2,1H3. The minimum absolute atomic E-state index is 0.182. The Bertz CT molecular complexity index is 980. The molecule has 28 heavy (non-hydrogen) atoms. The van der Waals surface area contributed by atoms with Crippen molar-refractivity contribution in [3.05, 3.63) is 107 Å². The van der Waals surface area contributed by atoms with Crippen LogP contribution in [0.1, 0.15) is 41.4 Å². The zero-order valence-corrected chi connectivity index (χ0v) is 15.7. The van der Waals surface area contributed by atoms with Gasteiger partial charge in [-0.25, -0.2) is 4.39 Å². The lowest BCUT2D eigenvalue weighted by Gasteiger charge is -2.33. The predicted molar refractivity (Wildman–Crippen MR) is 110 cm³/mol. The largest absolute Gasteiger partial charge is 0.508 e. The van der Waals surface area contributed by atoms with Crippen LogP contribution in [-0.4, -0.2) is 5.11 Å². The molecule has 3 N–H and O–H groups in total. The molecule has 3 aromatic rings. The summed E-state index contributed by atoms with van der Waals surface area (Å²) < 4.78 is 13.4. The quantitative estimate of drug-likeness (QED) is 0.598. The molecule has 2 unspecified atom stereocenters. The summed E-state index contributed by atoms with van der Waals surface area (Å²) in [5.74, 6) is -0.0144. The van der Waals surface area contributed by atoms with Gasteiger partial charge in [0.2, 0.25) is 0 Å². The SMILES string of the molecule is CCc1ccc(C2=CC(c3ccccc3O)NC(c3ccc(F)cc3)N2)cc1. The van der Waals surface area contributed by atoms with Crippen LogP contribution in [0, 0.1) is 5.82 Å². The van der Waals surface area contributed by atoms with Crippen LogP contribution < -0.4 is 10.6 Å². The highest BCUT2D eigenvalue weighted by Crippen LogP contribution is 2.33. The minimum Gasteiger partial charge on any atom is -0.508 e. The predicted octanol–water partition coefficient (Wildman–Crippen LogP) is 5.07. The maximum absolute atomic E-state index is 13.4. The van der Waals surface area contributed by atoms with Crippen molar-refractivity contribution >= 4 is 5.70 Å². The van der Waals surface area contributed by atoms with Crippen molar-refractivity contribution in [2.75, 3.05) is 0 Å². The third-order valence-electron chi connectivity index (χ3n) is 5.13. The molecule has 1 heterocycles. The molecule has 1 aliphatic rings. The van der Waals surface area contributed by atoms with E-state index >= 15 is 0 Å². The van der Waals surface area contributed by atoms with Crippen LogP contribution in [-0.2, 0) is 6.42 Å². The fraction of sp³-hybridized carbons (Fsp3) is 0.167. The summed E-state index contributed by atoms with van der Waals surface area (Å²) >= 11 is 0. The smallest absolute Gasteiger partial charge is 0.123 e. The maximum atomic E-state index is 13.4. The van der Waals surface area contributed by atoms with Crippen LogP contribution in [0.3, 0.4) is 0 Å². The van der Waals surface area contributed by atoms with E-state index in [9.17, 15) is 9.50 Å². The van der Waals surface area contributed by atoms with E-state index in [1.165, 1.54) is 17.7 Å². The van der Waals surface area contributed by atoms with Gasteiger partial charge >= 0.3 is 0 Å². The number of benzene rings is 3. The van der Waals surface area contributed by atoms with Crippen molar-refractivity contribution in [3.8, 4) is 5.75 Å². The van der Waals surface area contributed by atoms with E-state index in [2.05, 4.69) is 47.9 Å². The first-order chi connectivity index (χ1) is 13.6. The number of nitrogens with one attached hydrogen (secondary N) is 2. The summed E-state index contributed by atoms with van der Waals surface area (Å²) in [5.41, 5.74) is 5.07. The van der Waals surface area contributed by atoms with Crippen LogP contribution in [0.25, 0.3) is 5.70 Å². The molecule has 4 rings (SSSR count). The number of halogens is 1. The van der Waals surface area contributed by atoms with Crippen LogP contribution in [0.5, 0.6) is 5.75 Å². The molecule has 2 atom stereocenters. The Labute approximate surface area is 164 Å². The van der Waals surface area contributed by atoms with Crippen LogP contribution >= 0.6 is 0 Å². The van der Waals surface area contributed by atoms with E-state index in [-0.39, 0.29) is 23.8 Å². The number of phenolic OH excluding ortho intramolecular Hbond substituents is 1. The van der Waals surface area contributed by atoms with Crippen LogP contribution in [0.2, 0.25) is 0 Å². The van der Waals surface area contributed by atoms with Crippen LogP contribution in [0.4, 0.5) is 4.39 Å². The van der Waals surface area contributed by atoms with Crippen molar-refractivity contribution < 1.29 is 9.50 Å². The first kappa shape index (κ1) is 18.3. The Balaban J connectivity index is 1.73. The number of aromatic hydroxyl groups is 1. The zero-order valence-electron chi connectivity index (χ0n) is 15.7. The molecule has 1 aliphatic heterocycles. The Kier molecular flexibility index (Phi) is 5.13. The van der Waals surface area contributed by atoms with Gasteiger partial charge in [0, 0.05) is 11.3 Å². The van der Waals surface area contributed by atoms with Crippen molar-refractivity contribution in [2.24, 2.45) is 0 Å². The van der Waals surface area contributed by atoms with Gasteiger partial charge in [-0.15, -0.1) is 0 Å². The molecule has 0 aromatic heterocycles. The van der Waals surface area contributed by atoms with Crippen molar-refractivity contribution in [3.63, 3.8) is 0 Å². The second-order valence-corrected chi connectivity index (χ2v) is 6.96. The Morgan fingerprint density at radius 3 is 2.32 bits per heavy atom. The molecule has 0 fully saturated rings. The number of para-hydroxylation sites is 1. The third kappa shape index (κ3) is 3.78. The number of phenols is 1. The van der Waals surface area contributed by atoms with Crippen molar-refractivity contribution in [2.45, 2.75) is 25.6 Å². The maximum Gasteiger partial charge on any atom is 0.123 e. The van der Waals surface area contributed by atoms with E-state index in [1.807, 2.05) is 18.2 Å². The number of rotatable bonds is 4. The van der Waals surface area contributed by atoms with Crippen molar-refractivity contribution in [1.82, 2.24) is 10.6 Å². The fourth-order valence-corrected chi connectivity index (χ4v) is 3.50. The Hall–Kier alpha value is -3.11. The van der Waals surface area contributed by atoms with Gasteiger partial charge in [-0.2, -0.15) is 0 Å². The molecule has 0 bridgehead atoms. The van der Waals surface area contributed by atoms with Gasteiger partial charge in [-0.3, -0.25) is 5.32 Å². The zero-order chi connectivity index (χ0) is 19.5. The second kappa shape index (κ2) is 7.87. The lowest BCUT2D eigenvalue weighted by atomic mass is 9.97. The Morgan fingerprint density at radius 1 is 0.929 bits per heavy atom. The fourth-order valence-electron chi connectivity index (χ4n) is 3.50. The van der Waals surface area contributed by atoms with Gasteiger partial charge in [-0.1, -0.05) is 61.5 Å². The second-order valence-electron chi connectivity index (χ2n) is 6.96. The molecule has 3 aromatic carbocycles. The molecule has 0 radical (unpaired) electrons. The van der Waals surface area contributed by atoms with Crippen LogP contribution in [0.15, 0.2) is 78.9 Å². The third-order valence-corrected chi connectivity index (χ3v) is 5.13. The van der Waals surface area contributed by atoms with Gasteiger partial charge in [-0.05, 0) is 47.4 Å². The molecule has 4 heteroatoms. The molecule has 0 saturated carbocycles. The first-order valence-corrected chi connectivity index (χ1v) is 9.51. The molecule has 0 aliphatic carbocycles. The lowest BCUT2D eigenvalue weighted by Crippen LogP contribution is -2.39. The average molecular weight is 374 g/mol. The summed E-state index contributed by atoms with van der Waals surface area (Å²) in [4.78, 5) is 0. The minimum atomic E-state index is -0.261. The molecular weight excluding hydrogens is 351 g/mol. The van der Waals surface area contributed by atoms with Gasteiger partial charge in [0.1, 0.15) is 17.7 Å². The van der Waals surface area contributed by atoms with E-state index < -0.39 is 0 Å². The summed E-state index contributed by atoms with van der Waals surface area (Å²) in [7, 11) is 0. The highest BCUT2D eigenvalue weighted by molar-refractivity contribution is 5.67. The normalized spacial score (nSPS) is 19.0. The van der Waals surface area contributed by atoms with E-state index in [0.29, 0.717) is 0 Å². The monoisotopic (exact) mass is 374 g/mol. The average Bonchev–Trinajstić information content (AvgIpc) is 2.74. The first-order valence-electron chi connectivity index (χ1n) is 9.51. The number of aryl methyl sites for hydroxylation is 1. The Morgan fingerprint density at radius 2 is 1.64 bits per heavy atom. The summed E-state index contributed by atoms with van der Waals surface area (Å²) in [6.45, 7) is 2.13. The topological polar surface area (TPSA) is 44.3 Å². The van der Waals surface area contributed by atoms with E-state index in [4.69, 9.17) is 0 Å². The molecule has 142 valence electrons. The summed E-state index contributed by atoms with van der Waals surface area (Å²) in [5, 5.41) is 17.3. The highest BCUT2D eigenvalue weighted by Gasteiger charge is 2.25.